The Morgan fingerprint density at radius 2 is 1.93 bits per heavy atom. The van der Waals surface area contributed by atoms with Crippen molar-refractivity contribution in [3.8, 4) is 11.5 Å². The number of nitrogens with two attached hydrogens (primary N) is 1. The number of anilines is 1. The zero-order valence-corrected chi connectivity index (χ0v) is 15.4. The number of fused-ring (bicyclic) bond motifs is 2. The molecule has 27 heavy (non-hydrogen) atoms. The van der Waals surface area contributed by atoms with Gasteiger partial charge in [0, 0.05) is 24.1 Å². The predicted octanol–water partition coefficient (Wildman–Crippen LogP) is 2.22. The molecule has 0 aliphatic carbocycles. The highest BCUT2D eigenvalue weighted by atomic mass is 16.5. The summed E-state index contributed by atoms with van der Waals surface area (Å²) in [5.74, 6) is 0.391. The van der Waals surface area contributed by atoms with E-state index < -0.39 is 11.9 Å². The highest BCUT2D eigenvalue weighted by Gasteiger charge is 2.37. The van der Waals surface area contributed by atoms with Crippen molar-refractivity contribution >= 4 is 17.5 Å². The van der Waals surface area contributed by atoms with Gasteiger partial charge in [-0.1, -0.05) is 30.3 Å². The lowest BCUT2D eigenvalue weighted by Gasteiger charge is -2.23. The number of carbonyl (C=O) groups excluding carboxylic acids is 2. The van der Waals surface area contributed by atoms with Crippen molar-refractivity contribution in [1.29, 1.82) is 0 Å². The SMILES string of the molecule is CC1(C)Cc2cccc(OCC(=O)N3c4ccccc4C[C@H]3C(N)=O)c2O1. The summed E-state index contributed by atoms with van der Waals surface area (Å²) in [5, 5.41) is 0. The smallest absolute Gasteiger partial charge is 0.265 e. The molecule has 2 aliphatic rings. The van der Waals surface area contributed by atoms with Gasteiger partial charge in [-0.05, 0) is 31.5 Å². The summed E-state index contributed by atoms with van der Waals surface area (Å²) >= 11 is 0. The second kappa shape index (κ2) is 6.30. The Hall–Kier alpha value is -3.02. The third-order valence-electron chi connectivity index (χ3n) is 4.98. The van der Waals surface area contributed by atoms with Gasteiger partial charge < -0.3 is 15.2 Å². The Balaban J connectivity index is 1.54. The molecule has 0 fully saturated rings. The Bertz CT molecular complexity index is 922. The van der Waals surface area contributed by atoms with Gasteiger partial charge in [0.1, 0.15) is 11.6 Å². The molecule has 2 heterocycles. The van der Waals surface area contributed by atoms with Gasteiger partial charge in [0.05, 0.1) is 0 Å². The van der Waals surface area contributed by atoms with Crippen LogP contribution < -0.4 is 20.1 Å². The maximum Gasteiger partial charge on any atom is 0.265 e. The number of rotatable bonds is 4. The molecule has 0 spiro atoms. The molecule has 2 aromatic carbocycles. The number of benzene rings is 2. The average Bonchev–Trinajstić information content (AvgIpc) is 3.16. The monoisotopic (exact) mass is 366 g/mol. The minimum absolute atomic E-state index is 0.196. The predicted molar refractivity (Wildman–Crippen MR) is 101 cm³/mol. The van der Waals surface area contributed by atoms with Crippen molar-refractivity contribution in [3.05, 3.63) is 53.6 Å². The van der Waals surface area contributed by atoms with Crippen LogP contribution in [0.2, 0.25) is 0 Å². The van der Waals surface area contributed by atoms with E-state index in [-0.39, 0.29) is 18.1 Å². The molecule has 2 amide bonds. The van der Waals surface area contributed by atoms with Crippen LogP contribution in [0.3, 0.4) is 0 Å². The van der Waals surface area contributed by atoms with Crippen LogP contribution in [0.1, 0.15) is 25.0 Å². The standard InChI is InChI=1S/C21H22N2O4/c1-21(2)11-14-7-5-9-17(19(14)27-21)26-12-18(24)23-15-8-4-3-6-13(15)10-16(23)20(22)25/h3-9,16H,10-12H2,1-2H3,(H2,22,25)/t16-/m0/s1. The van der Waals surface area contributed by atoms with E-state index in [2.05, 4.69) is 0 Å². The van der Waals surface area contributed by atoms with Crippen LogP contribution in [-0.2, 0) is 22.4 Å². The fourth-order valence-corrected chi connectivity index (χ4v) is 3.83. The molecule has 2 N–H and O–H groups in total. The zero-order valence-electron chi connectivity index (χ0n) is 15.4. The molecule has 2 aromatic rings. The Labute approximate surface area is 157 Å². The van der Waals surface area contributed by atoms with E-state index in [1.54, 1.807) is 6.07 Å². The number of nitrogens with zero attached hydrogens (tertiary/aromatic N) is 1. The first-order valence-corrected chi connectivity index (χ1v) is 8.99. The summed E-state index contributed by atoms with van der Waals surface area (Å²) in [6.45, 7) is 3.83. The Kier molecular flexibility index (Phi) is 4.06. The molecular formula is C21H22N2O4. The number of para-hydroxylation sites is 2. The fraction of sp³-hybridized carbons (Fsp3) is 0.333. The van der Waals surface area contributed by atoms with Crippen LogP contribution in [0.5, 0.6) is 11.5 Å². The fourth-order valence-electron chi connectivity index (χ4n) is 3.83. The van der Waals surface area contributed by atoms with Gasteiger partial charge in [0.2, 0.25) is 5.91 Å². The molecule has 0 aromatic heterocycles. The normalized spacial score (nSPS) is 19.2. The van der Waals surface area contributed by atoms with Crippen molar-refractivity contribution in [1.82, 2.24) is 0 Å². The lowest BCUT2D eigenvalue weighted by molar-refractivity contribution is -0.125. The van der Waals surface area contributed by atoms with Crippen LogP contribution in [0, 0.1) is 0 Å². The molecule has 1 atom stereocenters. The van der Waals surface area contributed by atoms with Crippen molar-refractivity contribution in [2.75, 3.05) is 11.5 Å². The van der Waals surface area contributed by atoms with Crippen molar-refractivity contribution in [2.24, 2.45) is 5.73 Å². The van der Waals surface area contributed by atoms with Crippen LogP contribution in [0.4, 0.5) is 5.69 Å². The molecular weight excluding hydrogens is 344 g/mol. The highest BCUT2D eigenvalue weighted by molar-refractivity contribution is 6.03. The third kappa shape index (κ3) is 3.12. The Morgan fingerprint density at radius 3 is 2.70 bits per heavy atom. The summed E-state index contributed by atoms with van der Waals surface area (Å²) in [4.78, 5) is 26.2. The maximum absolute atomic E-state index is 12.9. The molecule has 0 bridgehead atoms. The second-order valence-corrected chi connectivity index (χ2v) is 7.59. The highest BCUT2D eigenvalue weighted by Crippen LogP contribution is 2.42. The molecule has 6 nitrogen and oxygen atoms in total. The quantitative estimate of drug-likeness (QED) is 0.900. The van der Waals surface area contributed by atoms with Gasteiger partial charge in [0.25, 0.3) is 5.91 Å². The summed E-state index contributed by atoms with van der Waals surface area (Å²) in [5.41, 5.74) is 7.93. The molecule has 4 rings (SSSR count). The van der Waals surface area contributed by atoms with Crippen molar-refractivity contribution in [2.45, 2.75) is 38.3 Å². The summed E-state index contributed by atoms with van der Waals surface area (Å²) in [6.07, 6.45) is 1.21. The number of hydrogen-bond acceptors (Lipinski definition) is 4. The van der Waals surface area contributed by atoms with E-state index in [1.807, 2.05) is 50.2 Å². The van der Waals surface area contributed by atoms with Crippen LogP contribution in [-0.4, -0.2) is 30.1 Å². The summed E-state index contributed by atoms with van der Waals surface area (Å²) in [6, 6.07) is 12.4. The molecule has 6 heteroatoms. The first kappa shape index (κ1) is 17.4. The van der Waals surface area contributed by atoms with Gasteiger partial charge >= 0.3 is 0 Å². The van der Waals surface area contributed by atoms with Crippen LogP contribution in [0.15, 0.2) is 42.5 Å². The van der Waals surface area contributed by atoms with Crippen molar-refractivity contribution in [3.63, 3.8) is 0 Å². The molecule has 140 valence electrons. The molecule has 2 aliphatic heterocycles. The van der Waals surface area contributed by atoms with Crippen molar-refractivity contribution < 1.29 is 19.1 Å². The van der Waals surface area contributed by atoms with E-state index in [0.717, 1.165) is 17.5 Å². The maximum atomic E-state index is 12.9. The van der Waals surface area contributed by atoms with E-state index in [1.165, 1.54) is 4.90 Å². The molecule has 0 radical (unpaired) electrons. The number of primary amides is 1. The minimum Gasteiger partial charge on any atom is -0.483 e. The second-order valence-electron chi connectivity index (χ2n) is 7.59. The molecule has 0 saturated carbocycles. The lowest BCUT2D eigenvalue weighted by Crippen LogP contribution is -2.47. The number of amides is 2. The first-order chi connectivity index (χ1) is 12.9. The number of ether oxygens (including phenoxy) is 2. The third-order valence-corrected chi connectivity index (χ3v) is 4.98. The van der Waals surface area contributed by atoms with E-state index >= 15 is 0 Å². The van der Waals surface area contributed by atoms with Gasteiger partial charge in [-0.25, -0.2) is 0 Å². The van der Waals surface area contributed by atoms with Gasteiger partial charge in [-0.2, -0.15) is 0 Å². The van der Waals surface area contributed by atoms with Gasteiger partial charge in [0.15, 0.2) is 18.1 Å². The zero-order chi connectivity index (χ0) is 19.2. The average molecular weight is 366 g/mol. The van der Waals surface area contributed by atoms with E-state index in [9.17, 15) is 9.59 Å². The first-order valence-electron chi connectivity index (χ1n) is 8.99. The van der Waals surface area contributed by atoms with E-state index in [0.29, 0.717) is 23.6 Å². The number of hydrogen-bond donors (Lipinski definition) is 1. The van der Waals surface area contributed by atoms with Crippen LogP contribution >= 0.6 is 0 Å². The summed E-state index contributed by atoms with van der Waals surface area (Å²) in [7, 11) is 0. The minimum atomic E-state index is -0.685. The molecule has 0 saturated heterocycles. The van der Waals surface area contributed by atoms with Gasteiger partial charge in [-0.3, -0.25) is 14.5 Å². The number of carbonyl (C=O) groups is 2. The largest absolute Gasteiger partial charge is 0.483 e. The topological polar surface area (TPSA) is 81.9 Å². The summed E-state index contributed by atoms with van der Waals surface area (Å²) < 4.78 is 11.8. The van der Waals surface area contributed by atoms with Crippen LogP contribution in [0.25, 0.3) is 0 Å². The Morgan fingerprint density at radius 1 is 1.19 bits per heavy atom. The van der Waals surface area contributed by atoms with E-state index in [4.69, 9.17) is 15.2 Å². The lowest BCUT2D eigenvalue weighted by atomic mass is 10.0. The molecule has 0 unspecified atom stereocenters. The van der Waals surface area contributed by atoms with Gasteiger partial charge in [-0.15, -0.1) is 0 Å².